The molecular formula is C18H22O8. The van der Waals surface area contributed by atoms with Crippen LogP contribution in [0.25, 0.3) is 10.8 Å². The summed E-state index contributed by atoms with van der Waals surface area (Å²) in [6, 6.07) is 13.1. The van der Waals surface area contributed by atoms with Gasteiger partial charge in [-0.25, -0.2) is 4.79 Å². The fourth-order valence-electron chi connectivity index (χ4n) is 2.31. The first-order valence-corrected chi connectivity index (χ1v) is 8.02. The largest absolute Gasteiger partial charge is 0.425 e. The average molecular weight is 366 g/mol. The first-order valence-electron chi connectivity index (χ1n) is 8.02. The monoisotopic (exact) mass is 366 g/mol. The molecule has 0 aliphatic carbocycles. The second-order valence-corrected chi connectivity index (χ2v) is 5.83. The van der Waals surface area contributed by atoms with Crippen molar-refractivity contribution in [2.75, 3.05) is 6.61 Å². The van der Waals surface area contributed by atoms with Crippen LogP contribution >= 0.6 is 0 Å². The fourth-order valence-corrected chi connectivity index (χ4v) is 2.31. The Morgan fingerprint density at radius 1 is 1.12 bits per heavy atom. The van der Waals surface area contributed by atoms with Gasteiger partial charge in [0, 0.05) is 0 Å². The third-order valence-corrected chi connectivity index (χ3v) is 3.80. The third kappa shape index (κ3) is 4.98. The Balaban J connectivity index is 0.000000209. The predicted molar refractivity (Wildman–Crippen MR) is 91.2 cm³/mol. The van der Waals surface area contributed by atoms with Gasteiger partial charge in [-0.15, -0.1) is 0 Å². The van der Waals surface area contributed by atoms with Crippen molar-refractivity contribution < 1.29 is 39.8 Å². The minimum atomic E-state index is -1.38. The van der Waals surface area contributed by atoms with Crippen LogP contribution in [0.1, 0.15) is 6.92 Å². The number of benzene rings is 2. The van der Waals surface area contributed by atoms with Crippen LogP contribution in [0.5, 0.6) is 5.75 Å². The van der Waals surface area contributed by atoms with Gasteiger partial charge in [-0.3, -0.25) is 0 Å². The molecule has 1 saturated heterocycles. The van der Waals surface area contributed by atoms with E-state index in [1.165, 1.54) is 6.92 Å². The fraction of sp³-hybridized carbons (Fsp3) is 0.389. The minimum absolute atomic E-state index is 0.407. The van der Waals surface area contributed by atoms with Crippen molar-refractivity contribution in [2.24, 2.45) is 0 Å². The molecule has 0 radical (unpaired) electrons. The Hall–Kier alpha value is -2.07. The van der Waals surface area contributed by atoms with Crippen molar-refractivity contribution >= 4 is 16.7 Å². The number of hydrogen-bond donors (Lipinski definition) is 5. The van der Waals surface area contributed by atoms with Crippen LogP contribution in [-0.2, 0) is 9.53 Å². The molecule has 5 atom stereocenters. The highest BCUT2D eigenvalue weighted by Crippen LogP contribution is 2.21. The molecule has 26 heavy (non-hydrogen) atoms. The summed E-state index contributed by atoms with van der Waals surface area (Å²) < 4.78 is 9.54. The molecule has 0 aromatic heterocycles. The van der Waals surface area contributed by atoms with Crippen LogP contribution in [0.3, 0.4) is 0 Å². The number of aliphatic hydroxyl groups excluding tert-OH is 5. The van der Waals surface area contributed by atoms with E-state index >= 15 is 0 Å². The Morgan fingerprint density at radius 3 is 2.27 bits per heavy atom. The molecule has 2 aromatic carbocycles. The molecule has 0 saturated carbocycles. The van der Waals surface area contributed by atoms with Gasteiger partial charge in [0.2, 0.25) is 0 Å². The van der Waals surface area contributed by atoms with Gasteiger partial charge >= 0.3 is 5.97 Å². The molecule has 1 fully saturated rings. The SMILES string of the molecule is CC(O)C(=O)Oc1ccc2ccccc2c1.OC[C@@H]1OC(O)[C@@H](O)[C@H]1O. The Bertz CT molecular complexity index is 732. The lowest BCUT2D eigenvalue weighted by Gasteiger charge is -2.09. The number of hydrogen-bond acceptors (Lipinski definition) is 8. The van der Waals surface area contributed by atoms with Gasteiger partial charge in [-0.2, -0.15) is 0 Å². The average Bonchev–Trinajstić information content (AvgIpc) is 2.89. The molecule has 2 unspecified atom stereocenters. The second kappa shape index (κ2) is 9.04. The van der Waals surface area contributed by atoms with Gasteiger partial charge in [-0.05, 0) is 29.8 Å². The zero-order valence-electron chi connectivity index (χ0n) is 14.1. The third-order valence-electron chi connectivity index (χ3n) is 3.80. The Kier molecular flexibility index (Phi) is 7.04. The number of ether oxygens (including phenoxy) is 2. The zero-order valence-corrected chi connectivity index (χ0v) is 14.1. The van der Waals surface area contributed by atoms with Crippen molar-refractivity contribution in [1.82, 2.24) is 0 Å². The van der Waals surface area contributed by atoms with Crippen molar-refractivity contribution in [3.8, 4) is 5.75 Å². The van der Waals surface area contributed by atoms with E-state index in [-0.39, 0.29) is 0 Å². The van der Waals surface area contributed by atoms with Crippen molar-refractivity contribution in [2.45, 2.75) is 37.6 Å². The minimum Gasteiger partial charge on any atom is -0.425 e. The van der Waals surface area contributed by atoms with Gasteiger partial charge in [0.1, 0.15) is 30.2 Å². The van der Waals surface area contributed by atoms with Crippen LogP contribution < -0.4 is 4.74 Å². The van der Waals surface area contributed by atoms with E-state index in [0.717, 1.165) is 10.8 Å². The standard InChI is InChI=1S/C13H12O3.C5H10O5/c1-9(14)13(15)16-12-7-6-10-4-2-3-5-11(10)8-12;6-1-2-3(7)4(8)5(9)10-2/h2-9,14H,1H3;2-9H,1H2/t;2-,3-,4-,5?/m.0/s1. The van der Waals surface area contributed by atoms with Crippen molar-refractivity contribution in [3.05, 3.63) is 42.5 Å². The van der Waals surface area contributed by atoms with E-state index < -0.39 is 43.3 Å². The lowest BCUT2D eigenvalue weighted by Crippen LogP contribution is -2.33. The molecule has 8 heteroatoms. The van der Waals surface area contributed by atoms with E-state index in [1.54, 1.807) is 12.1 Å². The van der Waals surface area contributed by atoms with Crippen LogP contribution in [-0.4, -0.2) is 68.8 Å². The van der Waals surface area contributed by atoms with Gasteiger partial charge in [0.15, 0.2) is 6.29 Å². The summed E-state index contributed by atoms with van der Waals surface area (Å²) in [5.41, 5.74) is 0. The van der Waals surface area contributed by atoms with E-state index in [0.29, 0.717) is 5.75 Å². The highest BCUT2D eigenvalue weighted by Gasteiger charge is 2.41. The molecule has 0 bridgehead atoms. The number of carbonyl (C=O) groups excluding carboxylic acids is 1. The molecule has 1 aliphatic heterocycles. The van der Waals surface area contributed by atoms with Crippen LogP contribution in [0, 0.1) is 0 Å². The van der Waals surface area contributed by atoms with Gasteiger partial charge in [-0.1, -0.05) is 30.3 Å². The van der Waals surface area contributed by atoms with Crippen molar-refractivity contribution in [3.63, 3.8) is 0 Å². The number of aliphatic hydroxyl groups is 5. The topological polar surface area (TPSA) is 137 Å². The molecular weight excluding hydrogens is 344 g/mol. The first-order chi connectivity index (χ1) is 12.3. The van der Waals surface area contributed by atoms with Crippen LogP contribution in [0.15, 0.2) is 42.5 Å². The van der Waals surface area contributed by atoms with Gasteiger partial charge < -0.3 is 35.0 Å². The molecule has 0 spiro atoms. The molecule has 5 N–H and O–H groups in total. The molecule has 3 rings (SSSR count). The molecule has 1 heterocycles. The van der Waals surface area contributed by atoms with Crippen LogP contribution in [0.4, 0.5) is 0 Å². The maximum atomic E-state index is 11.2. The Labute approximate surface area is 149 Å². The maximum absolute atomic E-state index is 11.2. The van der Waals surface area contributed by atoms with Crippen LogP contribution in [0.2, 0.25) is 0 Å². The Morgan fingerprint density at radius 2 is 1.77 bits per heavy atom. The molecule has 142 valence electrons. The highest BCUT2D eigenvalue weighted by molar-refractivity contribution is 5.85. The highest BCUT2D eigenvalue weighted by atomic mass is 16.6. The second-order valence-electron chi connectivity index (χ2n) is 5.83. The number of rotatable bonds is 3. The summed E-state index contributed by atoms with van der Waals surface area (Å²) in [5, 5.41) is 46.1. The van der Waals surface area contributed by atoms with E-state index in [4.69, 9.17) is 30.3 Å². The maximum Gasteiger partial charge on any atom is 0.340 e. The summed E-state index contributed by atoms with van der Waals surface area (Å²) in [6.07, 6.45) is -5.86. The molecule has 0 amide bonds. The van der Waals surface area contributed by atoms with E-state index in [9.17, 15) is 4.79 Å². The van der Waals surface area contributed by atoms with Gasteiger partial charge in [0.05, 0.1) is 6.61 Å². The summed E-state index contributed by atoms with van der Waals surface area (Å²) in [6.45, 7) is 0.971. The quantitative estimate of drug-likeness (QED) is 0.364. The van der Waals surface area contributed by atoms with E-state index in [2.05, 4.69) is 4.74 Å². The molecule has 8 nitrogen and oxygen atoms in total. The lowest BCUT2D eigenvalue weighted by molar-refractivity contribution is -0.142. The molecule has 1 aliphatic rings. The summed E-state index contributed by atoms with van der Waals surface area (Å²) >= 11 is 0. The summed E-state index contributed by atoms with van der Waals surface area (Å²) in [5.74, 6) is -0.195. The molecule has 2 aromatic rings. The smallest absolute Gasteiger partial charge is 0.340 e. The zero-order chi connectivity index (χ0) is 19.3. The number of esters is 1. The first kappa shape index (κ1) is 20.2. The number of fused-ring (bicyclic) bond motifs is 1. The van der Waals surface area contributed by atoms with Gasteiger partial charge in [0.25, 0.3) is 0 Å². The predicted octanol–water partition coefficient (Wildman–Crippen LogP) is -0.456. The summed E-state index contributed by atoms with van der Waals surface area (Å²) in [4.78, 5) is 11.2. The summed E-state index contributed by atoms with van der Waals surface area (Å²) in [7, 11) is 0. The van der Waals surface area contributed by atoms with E-state index in [1.807, 2.05) is 30.3 Å². The normalized spacial score (nSPS) is 26.1. The lowest BCUT2D eigenvalue weighted by atomic mass is 10.1. The number of carbonyl (C=O) groups is 1. The van der Waals surface area contributed by atoms with Crippen molar-refractivity contribution in [1.29, 1.82) is 0 Å².